The Hall–Kier alpha value is -0.820. The van der Waals surface area contributed by atoms with E-state index in [4.69, 9.17) is 0 Å². The lowest BCUT2D eigenvalue weighted by molar-refractivity contribution is 0.443. The first-order chi connectivity index (χ1) is 8.22. The Labute approximate surface area is 105 Å². The Kier molecular flexibility index (Phi) is 2.74. The molecule has 3 rings (SSSR count). The quantitative estimate of drug-likeness (QED) is 0.835. The van der Waals surface area contributed by atoms with Crippen LogP contribution in [0.3, 0.4) is 0 Å². The normalized spacial score (nSPS) is 32.3. The molecule has 3 atom stereocenters. The minimum Gasteiger partial charge on any atom is -0.313 e. The van der Waals surface area contributed by atoms with Gasteiger partial charge in [-0.1, -0.05) is 30.2 Å². The van der Waals surface area contributed by atoms with E-state index < -0.39 is 0 Å². The lowest BCUT2D eigenvalue weighted by Gasteiger charge is -2.21. The highest BCUT2D eigenvalue weighted by Crippen LogP contribution is 2.62. The Morgan fingerprint density at radius 1 is 1.18 bits per heavy atom. The molecule has 0 aliphatic heterocycles. The van der Waals surface area contributed by atoms with Crippen molar-refractivity contribution in [2.24, 2.45) is 17.8 Å². The van der Waals surface area contributed by atoms with Crippen LogP contribution in [-0.4, -0.2) is 7.05 Å². The zero-order valence-corrected chi connectivity index (χ0v) is 11.2. The number of rotatable bonds is 3. The summed E-state index contributed by atoms with van der Waals surface area (Å²) >= 11 is 0. The Morgan fingerprint density at radius 3 is 2.47 bits per heavy atom. The first-order valence-corrected chi connectivity index (χ1v) is 6.97. The third-order valence-corrected chi connectivity index (χ3v) is 4.93. The maximum atomic E-state index is 3.57. The zero-order chi connectivity index (χ0) is 12.0. The fourth-order valence-electron chi connectivity index (χ4n) is 4.10. The van der Waals surface area contributed by atoms with Gasteiger partial charge in [0.2, 0.25) is 0 Å². The van der Waals surface area contributed by atoms with Crippen LogP contribution in [0.25, 0.3) is 0 Å². The van der Waals surface area contributed by atoms with E-state index in [0.29, 0.717) is 6.04 Å². The van der Waals surface area contributed by atoms with Gasteiger partial charge in [-0.3, -0.25) is 0 Å². The molecule has 2 aliphatic rings. The number of benzene rings is 1. The third kappa shape index (κ3) is 1.81. The molecule has 2 fully saturated rings. The molecule has 0 spiro atoms. The van der Waals surface area contributed by atoms with Crippen LogP contribution in [0.1, 0.15) is 42.0 Å². The molecule has 0 bridgehead atoms. The molecule has 0 heterocycles. The Balaban J connectivity index is 1.85. The van der Waals surface area contributed by atoms with Crippen LogP contribution >= 0.6 is 0 Å². The van der Waals surface area contributed by atoms with Gasteiger partial charge in [-0.05, 0) is 62.6 Å². The molecule has 0 saturated heterocycles. The molecule has 2 saturated carbocycles. The summed E-state index contributed by atoms with van der Waals surface area (Å²) in [7, 11) is 2.12. The minimum atomic E-state index is 0.589. The molecular weight excluding hydrogens is 206 g/mol. The van der Waals surface area contributed by atoms with Crippen molar-refractivity contribution in [1.82, 2.24) is 5.32 Å². The van der Waals surface area contributed by atoms with E-state index in [1.165, 1.54) is 36.0 Å². The van der Waals surface area contributed by atoms with Crippen molar-refractivity contribution < 1.29 is 0 Å². The second kappa shape index (κ2) is 4.13. The largest absolute Gasteiger partial charge is 0.313 e. The Bertz CT molecular complexity index is 414. The van der Waals surface area contributed by atoms with Gasteiger partial charge in [0.05, 0.1) is 0 Å². The van der Waals surface area contributed by atoms with Crippen LogP contribution in [0.5, 0.6) is 0 Å². The zero-order valence-electron chi connectivity index (χ0n) is 11.2. The van der Waals surface area contributed by atoms with Gasteiger partial charge >= 0.3 is 0 Å². The molecule has 0 amide bonds. The van der Waals surface area contributed by atoms with Crippen molar-refractivity contribution in [2.75, 3.05) is 7.05 Å². The van der Waals surface area contributed by atoms with Gasteiger partial charge in [0.15, 0.2) is 0 Å². The van der Waals surface area contributed by atoms with Crippen LogP contribution in [-0.2, 0) is 0 Å². The van der Waals surface area contributed by atoms with Crippen molar-refractivity contribution in [3.8, 4) is 0 Å². The molecular formula is C16H23N. The van der Waals surface area contributed by atoms with Crippen LogP contribution in [0.4, 0.5) is 0 Å². The summed E-state index contributed by atoms with van der Waals surface area (Å²) in [5, 5.41) is 3.57. The van der Waals surface area contributed by atoms with E-state index in [1.54, 1.807) is 0 Å². The summed E-state index contributed by atoms with van der Waals surface area (Å²) in [6, 6.07) is 7.49. The summed E-state index contributed by atoms with van der Waals surface area (Å²) in [6.45, 7) is 4.43. The second-order valence-electron chi connectivity index (χ2n) is 5.96. The van der Waals surface area contributed by atoms with Crippen molar-refractivity contribution in [1.29, 1.82) is 0 Å². The monoisotopic (exact) mass is 229 g/mol. The van der Waals surface area contributed by atoms with Gasteiger partial charge in [0.1, 0.15) is 0 Å². The highest BCUT2D eigenvalue weighted by molar-refractivity contribution is 5.34. The highest BCUT2D eigenvalue weighted by atomic mass is 14.9. The summed E-state index contributed by atoms with van der Waals surface area (Å²) < 4.78 is 0. The number of fused-ring (bicyclic) bond motifs is 1. The molecule has 1 heteroatoms. The third-order valence-electron chi connectivity index (χ3n) is 4.93. The fourth-order valence-corrected chi connectivity index (χ4v) is 4.10. The lowest BCUT2D eigenvalue weighted by atomic mass is 9.93. The number of hydrogen-bond acceptors (Lipinski definition) is 1. The maximum absolute atomic E-state index is 3.57. The predicted octanol–water partition coefficient (Wildman–Crippen LogP) is 3.61. The molecule has 0 aromatic heterocycles. The molecule has 0 radical (unpaired) electrons. The van der Waals surface area contributed by atoms with E-state index >= 15 is 0 Å². The second-order valence-corrected chi connectivity index (χ2v) is 5.96. The molecule has 1 aromatic rings. The molecule has 3 unspecified atom stereocenters. The van der Waals surface area contributed by atoms with Crippen molar-refractivity contribution >= 4 is 0 Å². The molecule has 92 valence electrons. The highest BCUT2D eigenvalue weighted by Gasteiger charge is 2.55. The number of aryl methyl sites for hydroxylation is 2. The van der Waals surface area contributed by atoms with Crippen LogP contribution in [0.15, 0.2) is 18.2 Å². The van der Waals surface area contributed by atoms with Gasteiger partial charge in [-0.15, -0.1) is 0 Å². The SMILES string of the molecule is CNC(c1ccc(C)cc1C)C1C2CCCC21. The number of hydrogen-bond donors (Lipinski definition) is 1. The van der Waals surface area contributed by atoms with E-state index in [0.717, 1.165) is 17.8 Å². The van der Waals surface area contributed by atoms with Gasteiger partial charge < -0.3 is 5.32 Å². The molecule has 2 aliphatic carbocycles. The first kappa shape index (κ1) is 11.3. The van der Waals surface area contributed by atoms with Gasteiger partial charge in [0.25, 0.3) is 0 Å². The van der Waals surface area contributed by atoms with Gasteiger partial charge in [-0.25, -0.2) is 0 Å². The van der Waals surface area contributed by atoms with Crippen molar-refractivity contribution in [2.45, 2.75) is 39.2 Å². The first-order valence-electron chi connectivity index (χ1n) is 6.97. The van der Waals surface area contributed by atoms with E-state index in [1.807, 2.05) is 0 Å². The van der Waals surface area contributed by atoms with Gasteiger partial charge in [0, 0.05) is 6.04 Å². The summed E-state index contributed by atoms with van der Waals surface area (Å²) in [5.74, 6) is 2.96. The average molecular weight is 229 g/mol. The van der Waals surface area contributed by atoms with Crippen molar-refractivity contribution in [3.63, 3.8) is 0 Å². The van der Waals surface area contributed by atoms with Crippen LogP contribution in [0, 0.1) is 31.6 Å². The average Bonchev–Trinajstić information content (AvgIpc) is 2.77. The van der Waals surface area contributed by atoms with Crippen LogP contribution in [0.2, 0.25) is 0 Å². The molecule has 1 nitrogen and oxygen atoms in total. The summed E-state index contributed by atoms with van der Waals surface area (Å²) in [5.41, 5.74) is 4.35. The minimum absolute atomic E-state index is 0.589. The topological polar surface area (TPSA) is 12.0 Å². The number of nitrogens with one attached hydrogen (secondary N) is 1. The van der Waals surface area contributed by atoms with E-state index in [-0.39, 0.29) is 0 Å². The standard InChI is InChI=1S/C16H23N/c1-10-7-8-12(11(2)9-10)16(17-3)15-13-5-4-6-14(13)15/h7-9,13-17H,4-6H2,1-3H3. The Morgan fingerprint density at radius 2 is 1.88 bits per heavy atom. The van der Waals surface area contributed by atoms with Crippen molar-refractivity contribution in [3.05, 3.63) is 34.9 Å². The summed E-state index contributed by atoms with van der Waals surface area (Å²) in [4.78, 5) is 0. The maximum Gasteiger partial charge on any atom is 0.0354 e. The smallest absolute Gasteiger partial charge is 0.0354 e. The van der Waals surface area contributed by atoms with E-state index in [2.05, 4.69) is 44.4 Å². The lowest BCUT2D eigenvalue weighted by Crippen LogP contribution is -2.21. The molecule has 1 N–H and O–H groups in total. The molecule has 1 aromatic carbocycles. The van der Waals surface area contributed by atoms with Crippen LogP contribution < -0.4 is 5.32 Å². The molecule has 17 heavy (non-hydrogen) atoms. The van der Waals surface area contributed by atoms with Gasteiger partial charge in [-0.2, -0.15) is 0 Å². The van der Waals surface area contributed by atoms with E-state index in [9.17, 15) is 0 Å². The fraction of sp³-hybridized carbons (Fsp3) is 0.625. The predicted molar refractivity (Wildman–Crippen MR) is 72.0 cm³/mol. The summed E-state index contributed by atoms with van der Waals surface area (Å²) in [6.07, 6.45) is 4.41.